The fourth-order valence-corrected chi connectivity index (χ4v) is 3.22. The van der Waals surface area contributed by atoms with Crippen molar-refractivity contribution in [2.75, 3.05) is 39.3 Å². The van der Waals surface area contributed by atoms with Crippen LogP contribution in [-0.2, 0) is 9.59 Å². The minimum Gasteiger partial charge on any atom is -0.352 e. The van der Waals surface area contributed by atoms with Gasteiger partial charge in [-0.25, -0.2) is 0 Å². The second-order valence-corrected chi connectivity index (χ2v) is 8.40. The average Bonchev–Trinajstić information content (AvgIpc) is 3.25. The highest BCUT2D eigenvalue weighted by Gasteiger charge is 2.29. The van der Waals surface area contributed by atoms with E-state index in [1.54, 1.807) is 0 Å². The summed E-state index contributed by atoms with van der Waals surface area (Å²) >= 11 is 0. The van der Waals surface area contributed by atoms with Gasteiger partial charge in [-0.05, 0) is 66.0 Å². The third-order valence-corrected chi connectivity index (χ3v) is 4.65. The van der Waals surface area contributed by atoms with Crippen molar-refractivity contribution in [1.82, 2.24) is 20.4 Å². The molecule has 1 aliphatic heterocycles. The molecule has 1 saturated heterocycles. The van der Waals surface area contributed by atoms with Crippen molar-refractivity contribution in [1.29, 1.82) is 0 Å². The van der Waals surface area contributed by atoms with E-state index in [0.717, 1.165) is 32.6 Å². The fourth-order valence-electron chi connectivity index (χ4n) is 3.22. The van der Waals surface area contributed by atoms with Gasteiger partial charge in [-0.2, -0.15) is 0 Å². The van der Waals surface area contributed by atoms with Crippen LogP contribution in [0.2, 0.25) is 0 Å². The van der Waals surface area contributed by atoms with E-state index in [2.05, 4.69) is 27.4 Å². The molecule has 2 aliphatic rings. The number of hydrogen-bond acceptors (Lipinski definition) is 4. The Hall–Kier alpha value is -1.14. The number of nitrogens with zero attached hydrogens (tertiary/aromatic N) is 2. The van der Waals surface area contributed by atoms with Crippen molar-refractivity contribution in [3.05, 3.63) is 0 Å². The number of hydrogen-bond donors (Lipinski definition) is 2. The monoisotopic (exact) mass is 338 g/mol. The number of carbonyl (C=O) groups excluding carboxylic acids is 2. The van der Waals surface area contributed by atoms with Gasteiger partial charge in [-0.15, -0.1) is 0 Å². The van der Waals surface area contributed by atoms with E-state index in [1.165, 1.54) is 12.8 Å². The molecular formula is C18H34N4O2. The third kappa shape index (κ3) is 7.18. The Labute approximate surface area is 146 Å². The van der Waals surface area contributed by atoms with E-state index >= 15 is 0 Å². The predicted molar refractivity (Wildman–Crippen MR) is 95.7 cm³/mol. The van der Waals surface area contributed by atoms with Gasteiger partial charge < -0.3 is 10.6 Å². The zero-order valence-corrected chi connectivity index (χ0v) is 15.7. The average molecular weight is 338 g/mol. The van der Waals surface area contributed by atoms with Crippen molar-refractivity contribution >= 4 is 11.8 Å². The van der Waals surface area contributed by atoms with Gasteiger partial charge in [0.2, 0.25) is 11.8 Å². The molecule has 1 heterocycles. The molecule has 0 spiro atoms. The maximum atomic E-state index is 12.2. The minimum atomic E-state index is -0.189. The van der Waals surface area contributed by atoms with Crippen molar-refractivity contribution in [2.24, 2.45) is 5.92 Å². The Morgan fingerprint density at radius 3 is 2.04 bits per heavy atom. The molecule has 1 aliphatic carbocycles. The van der Waals surface area contributed by atoms with Crippen LogP contribution in [0.15, 0.2) is 0 Å². The second-order valence-electron chi connectivity index (χ2n) is 8.40. The molecule has 2 fully saturated rings. The quantitative estimate of drug-likeness (QED) is 0.753. The molecule has 0 unspecified atom stereocenters. The number of rotatable bonds is 6. The molecule has 0 bridgehead atoms. The van der Waals surface area contributed by atoms with Crippen molar-refractivity contribution in [3.8, 4) is 0 Å². The molecule has 0 aromatic heterocycles. The highest BCUT2D eigenvalue weighted by molar-refractivity contribution is 5.79. The van der Waals surface area contributed by atoms with Crippen LogP contribution in [0.1, 0.15) is 47.0 Å². The van der Waals surface area contributed by atoms with Crippen LogP contribution in [0.3, 0.4) is 0 Å². The molecule has 0 aromatic rings. The van der Waals surface area contributed by atoms with Crippen LogP contribution in [0.25, 0.3) is 0 Å². The number of nitrogens with one attached hydrogen (secondary N) is 2. The first kappa shape index (κ1) is 19.2. The molecule has 24 heavy (non-hydrogen) atoms. The molecule has 6 heteroatoms. The van der Waals surface area contributed by atoms with E-state index in [4.69, 9.17) is 0 Å². The topological polar surface area (TPSA) is 64.7 Å². The minimum absolute atomic E-state index is 0.0759. The van der Waals surface area contributed by atoms with Crippen LogP contribution < -0.4 is 10.6 Å². The van der Waals surface area contributed by atoms with Crippen LogP contribution in [0.5, 0.6) is 0 Å². The Bertz CT molecular complexity index is 443. The van der Waals surface area contributed by atoms with Crippen LogP contribution >= 0.6 is 0 Å². The van der Waals surface area contributed by atoms with Crippen LogP contribution in [0.4, 0.5) is 0 Å². The molecule has 138 valence electrons. The lowest BCUT2D eigenvalue weighted by molar-refractivity contribution is -0.124. The van der Waals surface area contributed by atoms with E-state index in [-0.39, 0.29) is 17.4 Å². The lowest BCUT2D eigenvalue weighted by atomic mass is 10.1. The first-order chi connectivity index (χ1) is 11.2. The molecule has 0 aromatic carbocycles. The molecule has 6 nitrogen and oxygen atoms in total. The predicted octanol–water partition coefficient (Wildman–Crippen LogP) is 0.824. The SMILES string of the molecule is C[C@H](NC(=O)CN1CCCN(CC(=O)NC(C)(C)C)CC1)C1CC1. The van der Waals surface area contributed by atoms with E-state index < -0.39 is 0 Å². The van der Waals surface area contributed by atoms with Gasteiger partial charge in [0.1, 0.15) is 0 Å². The Balaban J connectivity index is 1.69. The lowest BCUT2D eigenvalue weighted by Crippen LogP contribution is -2.47. The van der Waals surface area contributed by atoms with Gasteiger partial charge in [0.05, 0.1) is 13.1 Å². The Kier molecular flexibility index (Phi) is 6.63. The zero-order valence-electron chi connectivity index (χ0n) is 15.7. The summed E-state index contributed by atoms with van der Waals surface area (Å²) in [6.45, 7) is 12.5. The molecule has 2 rings (SSSR count). The maximum Gasteiger partial charge on any atom is 0.234 e. The summed E-state index contributed by atoms with van der Waals surface area (Å²) < 4.78 is 0. The summed E-state index contributed by atoms with van der Waals surface area (Å²) in [4.78, 5) is 28.6. The fraction of sp³-hybridized carbons (Fsp3) is 0.889. The molecule has 1 saturated carbocycles. The first-order valence-corrected chi connectivity index (χ1v) is 9.28. The summed E-state index contributed by atoms with van der Waals surface area (Å²) in [5, 5.41) is 6.13. The molecular weight excluding hydrogens is 304 g/mol. The summed E-state index contributed by atoms with van der Waals surface area (Å²) in [6.07, 6.45) is 3.49. The van der Waals surface area contributed by atoms with Crippen molar-refractivity contribution in [3.63, 3.8) is 0 Å². The third-order valence-electron chi connectivity index (χ3n) is 4.65. The van der Waals surface area contributed by atoms with Gasteiger partial charge in [0.25, 0.3) is 0 Å². The summed E-state index contributed by atoms with van der Waals surface area (Å²) in [5.41, 5.74) is -0.189. The molecule has 2 amide bonds. The van der Waals surface area contributed by atoms with Crippen LogP contribution in [0, 0.1) is 5.92 Å². The van der Waals surface area contributed by atoms with Crippen LogP contribution in [-0.4, -0.2) is 72.5 Å². The smallest absolute Gasteiger partial charge is 0.234 e. The normalized spacial score (nSPS) is 21.8. The lowest BCUT2D eigenvalue weighted by Gasteiger charge is -2.25. The summed E-state index contributed by atoms with van der Waals surface area (Å²) in [7, 11) is 0. The van der Waals surface area contributed by atoms with Gasteiger partial charge >= 0.3 is 0 Å². The van der Waals surface area contributed by atoms with Crippen molar-refractivity contribution < 1.29 is 9.59 Å². The number of amides is 2. The summed E-state index contributed by atoms with van der Waals surface area (Å²) in [6, 6.07) is 0.307. The first-order valence-electron chi connectivity index (χ1n) is 9.28. The van der Waals surface area contributed by atoms with Gasteiger partial charge in [0, 0.05) is 24.7 Å². The van der Waals surface area contributed by atoms with Gasteiger partial charge in [-0.3, -0.25) is 19.4 Å². The van der Waals surface area contributed by atoms with E-state index in [9.17, 15) is 9.59 Å². The van der Waals surface area contributed by atoms with Crippen molar-refractivity contribution in [2.45, 2.75) is 58.5 Å². The molecule has 2 N–H and O–H groups in total. The van der Waals surface area contributed by atoms with E-state index in [0.29, 0.717) is 25.0 Å². The van der Waals surface area contributed by atoms with Gasteiger partial charge in [0.15, 0.2) is 0 Å². The maximum absolute atomic E-state index is 12.2. The Morgan fingerprint density at radius 1 is 1.00 bits per heavy atom. The number of carbonyl (C=O) groups is 2. The van der Waals surface area contributed by atoms with E-state index in [1.807, 2.05) is 20.8 Å². The Morgan fingerprint density at radius 2 is 1.54 bits per heavy atom. The largest absolute Gasteiger partial charge is 0.352 e. The zero-order chi connectivity index (χ0) is 17.7. The highest BCUT2D eigenvalue weighted by Crippen LogP contribution is 2.32. The van der Waals surface area contributed by atoms with Gasteiger partial charge in [-0.1, -0.05) is 0 Å². The standard InChI is InChI=1S/C18H34N4O2/c1-14(15-6-7-15)19-16(23)12-21-8-5-9-22(11-10-21)13-17(24)20-18(2,3)4/h14-15H,5-13H2,1-4H3,(H,19,23)(H,20,24)/t14-/m0/s1. The summed E-state index contributed by atoms with van der Waals surface area (Å²) in [5.74, 6) is 0.898. The molecule has 1 atom stereocenters. The second kappa shape index (κ2) is 8.30. The molecule has 0 radical (unpaired) electrons. The highest BCUT2D eigenvalue weighted by atomic mass is 16.2.